The van der Waals surface area contributed by atoms with E-state index in [1.807, 2.05) is 0 Å². The number of rotatable bonds is 3. The summed E-state index contributed by atoms with van der Waals surface area (Å²) in [5.41, 5.74) is -0.251. The molecule has 1 aromatic heterocycles. The Morgan fingerprint density at radius 3 is 2.82 bits per heavy atom. The molecule has 0 aliphatic rings. The van der Waals surface area contributed by atoms with Crippen molar-refractivity contribution in [3.05, 3.63) is 18.0 Å². The average molecular weight is 162 g/mol. The Kier molecular flexibility index (Phi) is 2.53. The highest BCUT2D eigenvalue weighted by molar-refractivity contribution is 4.99. The summed E-state index contributed by atoms with van der Waals surface area (Å²) in [5, 5.41) is 11.9. The van der Waals surface area contributed by atoms with Gasteiger partial charge in [0, 0.05) is 6.20 Å². The molecule has 3 nitrogen and oxygen atoms in total. The molecule has 0 radical (unpaired) electrons. The highest BCUT2D eigenvalue weighted by atomic mass is 19.3. The van der Waals surface area contributed by atoms with E-state index in [1.165, 1.54) is 16.9 Å². The predicted octanol–water partition coefficient (Wildman–Crippen LogP) is 0.813. The van der Waals surface area contributed by atoms with E-state index < -0.39 is 6.43 Å². The molecule has 0 aliphatic heterocycles. The van der Waals surface area contributed by atoms with Gasteiger partial charge in [-0.05, 0) is 6.07 Å². The Hall–Kier alpha value is -0.970. The van der Waals surface area contributed by atoms with Crippen LogP contribution < -0.4 is 0 Å². The van der Waals surface area contributed by atoms with E-state index >= 15 is 0 Å². The van der Waals surface area contributed by atoms with Crippen molar-refractivity contribution in [2.24, 2.45) is 0 Å². The van der Waals surface area contributed by atoms with Gasteiger partial charge in [0.2, 0.25) is 0 Å². The van der Waals surface area contributed by atoms with E-state index in [9.17, 15) is 8.78 Å². The molecular formula is C6H8F2N2O. The van der Waals surface area contributed by atoms with E-state index in [2.05, 4.69) is 5.10 Å². The molecule has 0 spiro atoms. The maximum absolute atomic E-state index is 11.9. The van der Waals surface area contributed by atoms with Crippen LogP contribution >= 0.6 is 0 Å². The van der Waals surface area contributed by atoms with Crippen LogP contribution in [0.15, 0.2) is 12.3 Å². The molecule has 0 aliphatic carbocycles. The van der Waals surface area contributed by atoms with Gasteiger partial charge >= 0.3 is 0 Å². The minimum absolute atomic E-state index is 0.0929. The summed E-state index contributed by atoms with van der Waals surface area (Å²) in [6, 6.07) is 1.24. The zero-order chi connectivity index (χ0) is 8.27. The Morgan fingerprint density at radius 1 is 1.64 bits per heavy atom. The third-order valence-electron chi connectivity index (χ3n) is 1.21. The lowest BCUT2D eigenvalue weighted by molar-refractivity contribution is 0.144. The molecule has 11 heavy (non-hydrogen) atoms. The third-order valence-corrected chi connectivity index (χ3v) is 1.21. The lowest BCUT2D eigenvalue weighted by atomic mass is 10.5. The standard InChI is InChI=1S/C6H8F2N2O/c7-6(8)5-1-2-10(9-5)3-4-11/h1-2,6,11H,3-4H2. The van der Waals surface area contributed by atoms with Gasteiger partial charge < -0.3 is 5.11 Å². The van der Waals surface area contributed by atoms with Gasteiger partial charge in [0.05, 0.1) is 13.2 Å². The lowest BCUT2D eigenvalue weighted by Gasteiger charge is -1.95. The second-order valence-corrected chi connectivity index (χ2v) is 2.03. The minimum Gasteiger partial charge on any atom is -0.394 e. The minimum atomic E-state index is -2.53. The topological polar surface area (TPSA) is 38.0 Å². The Morgan fingerprint density at radius 2 is 2.36 bits per heavy atom. The van der Waals surface area contributed by atoms with Crippen LogP contribution in [0.1, 0.15) is 12.1 Å². The van der Waals surface area contributed by atoms with Gasteiger partial charge in [-0.15, -0.1) is 0 Å². The molecule has 0 amide bonds. The normalized spacial score (nSPS) is 10.9. The quantitative estimate of drug-likeness (QED) is 0.714. The summed E-state index contributed by atoms with van der Waals surface area (Å²) >= 11 is 0. The van der Waals surface area contributed by atoms with E-state index in [-0.39, 0.29) is 18.8 Å². The summed E-state index contributed by atoms with van der Waals surface area (Å²) in [5.74, 6) is 0. The number of aliphatic hydroxyl groups is 1. The molecule has 1 aromatic rings. The predicted molar refractivity (Wildman–Crippen MR) is 34.3 cm³/mol. The van der Waals surface area contributed by atoms with Crippen LogP contribution in [-0.4, -0.2) is 21.5 Å². The Balaban J connectivity index is 2.66. The van der Waals surface area contributed by atoms with Crippen molar-refractivity contribution in [1.29, 1.82) is 0 Å². The van der Waals surface area contributed by atoms with Crippen molar-refractivity contribution >= 4 is 0 Å². The highest BCUT2D eigenvalue weighted by Crippen LogP contribution is 2.14. The van der Waals surface area contributed by atoms with Crippen LogP contribution in [0.25, 0.3) is 0 Å². The first-order valence-electron chi connectivity index (χ1n) is 3.16. The summed E-state index contributed by atoms with van der Waals surface area (Å²) in [4.78, 5) is 0. The van der Waals surface area contributed by atoms with Crippen molar-refractivity contribution < 1.29 is 13.9 Å². The van der Waals surface area contributed by atoms with Crippen molar-refractivity contribution in [3.8, 4) is 0 Å². The highest BCUT2D eigenvalue weighted by Gasteiger charge is 2.09. The largest absolute Gasteiger partial charge is 0.394 e. The number of nitrogens with zero attached hydrogens (tertiary/aromatic N) is 2. The van der Waals surface area contributed by atoms with Gasteiger partial charge in [0.15, 0.2) is 0 Å². The number of aromatic nitrogens is 2. The summed E-state index contributed by atoms with van der Waals surface area (Å²) in [6.45, 7) is 0.164. The first-order chi connectivity index (χ1) is 5.24. The molecular weight excluding hydrogens is 154 g/mol. The fourth-order valence-electron chi connectivity index (χ4n) is 0.721. The van der Waals surface area contributed by atoms with Crippen LogP contribution in [0, 0.1) is 0 Å². The third kappa shape index (κ3) is 1.98. The maximum atomic E-state index is 11.9. The molecule has 1 N–H and O–H groups in total. The number of halogens is 2. The molecule has 0 saturated carbocycles. The first-order valence-corrected chi connectivity index (χ1v) is 3.16. The second-order valence-electron chi connectivity index (χ2n) is 2.03. The fourth-order valence-corrected chi connectivity index (χ4v) is 0.721. The second kappa shape index (κ2) is 3.43. The van der Waals surface area contributed by atoms with Crippen LogP contribution in [0.3, 0.4) is 0 Å². The van der Waals surface area contributed by atoms with Crippen molar-refractivity contribution in [2.75, 3.05) is 6.61 Å². The molecule has 0 bridgehead atoms. The van der Waals surface area contributed by atoms with Gasteiger partial charge in [-0.3, -0.25) is 4.68 Å². The molecule has 1 heterocycles. The zero-order valence-corrected chi connectivity index (χ0v) is 5.74. The van der Waals surface area contributed by atoms with Crippen molar-refractivity contribution in [3.63, 3.8) is 0 Å². The molecule has 0 atom stereocenters. The van der Waals surface area contributed by atoms with Crippen molar-refractivity contribution in [2.45, 2.75) is 13.0 Å². The molecule has 0 unspecified atom stereocenters. The number of alkyl halides is 2. The number of hydrogen-bond acceptors (Lipinski definition) is 2. The molecule has 62 valence electrons. The Bertz CT molecular complexity index is 224. The number of hydrogen-bond donors (Lipinski definition) is 1. The maximum Gasteiger partial charge on any atom is 0.282 e. The van der Waals surface area contributed by atoms with Crippen LogP contribution in [0.5, 0.6) is 0 Å². The van der Waals surface area contributed by atoms with Gasteiger partial charge in [0.1, 0.15) is 5.69 Å². The summed E-state index contributed by atoms with van der Waals surface area (Å²) < 4.78 is 25.0. The lowest BCUT2D eigenvalue weighted by Crippen LogP contribution is -2.02. The van der Waals surface area contributed by atoms with Gasteiger partial charge in [-0.25, -0.2) is 8.78 Å². The smallest absolute Gasteiger partial charge is 0.282 e. The SMILES string of the molecule is OCCn1ccc(C(F)F)n1. The van der Waals surface area contributed by atoms with E-state index in [4.69, 9.17) is 5.11 Å². The zero-order valence-electron chi connectivity index (χ0n) is 5.74. The van der Waals surface area contributed by atoms with Crippen LogP contribution in [-0.2, 0) is 6.54 Å². The van der Waals surface area contributed by atoms with Crippen LogP contribution in [0.4, 0.5) is 8.78 Å². The monoisotopic (exact) mass is 162 g/mol. The van der Waals surface area contributed by atoms with Gasteiger partial charge in [-0.2, -0.15) is 5.10 Å². The number of aliphatic hydroxyl groups excluding tert-OH is 1. The fraction of sp³-hybridized carbons (Fsp3) is 0.500. The molecule has 0 aromatic carbocycles. The Labute approximate surface area is 62.3 Å². The van der Waals surface area contributed by atoms with Gasteiger partial charge in [0.25, 0.3) is 6.43 Å². The van der Waals surface area contributed by atoms with E-state index in [0.29, 0.717) is 0 Å². The van der Waals surface area contributed by atoms with Crippen LogP contribution in [0.2, 0.25) is 0 Å². The van der Waals surface area contributed by atoms with Crippen molar-refractivity contribution in [1.82, 2.24) is 9.78 Å². The van der Waals surface area contributed by atoms with E-state index in [0.717, 1.165) is 0 Å². The first kappa shape index (κ1) is 8.13. The average Bonchev–Trinajstić information content (AvgIpc) is 2.37. The molecule has 0 fully saturated rings. The summed E-state index contributed by atoms with van der Waals surface area (Å²) in [6.07, 6.45) is -1.12. The van der Waals surface area contributed by atoms with E-state index in [1.54, 1.807) is 0 Å². The van der Waals surface area contributed by atoms with Gasteiger partial charge in [-0.1, -0.05) is 0 Å². The molecule has 1 rings (SSSR count). The summed E-state index contributed by atoms with van der Waals surface area (Å²) in [7, 11) is 0. The molecule has 0 saturated heterocycles. The molecule has 5 heteroatoms.